The van der Waals surface area contributed by atoms with E-state index in [0.29, 0.717) is 18.7 Å². The first kappa shape index (κ1) is 15.1. The molecule has 0 saturated heterocycles. The van der Waals surface area contributed by atoms with Crippen LogP contribution in [0.1, 0.15) is 28.4 Å². The van der Waals surface area contributed by atoms with Gasteiger partial charge in [-0.3, -0.25) is 9.88 Å². The quantitative estimate of drug-likeness (QED) is 0.888. The number of pyridine rings is 1. The van der Waals surface area contributed by atoms with Crippen molar-refractivity contribution in [2.45, 2.75) is 20.0 Å². The average Bonchev–Trinajstić information content (AvgIpc) is 2.49. The van der Waals surface area contributed by atoms with E-state index < -0.39 is 11.8 Å². The summed E-state index contributed by atoms with van der Waals surface area (Å²) in [5.41, 5.74) is 1.19. The topological polar surface area (TPSA) is 53.4 Å². The van der Waals surface area contributed by atoms with E-state index in [1.807, 2.05) is 24.0 Å². The van der Waals surface area contributed by atoms with Crippen molar-refractivity contribution in [3.63, 3.8) is 0 Å². The third-order valence-corrected chi connectivity index (χ3v) is 3.31. The summed E-state index contributed by atoms with van der Waals surface area (Å²) in [6.45, 7) is 3.75. The lowest BCUT2D eigenvalue weighted by molar-refractivity contribution is 0.0691. The maximum Gasteiger partial charge on any atom is 0.338 e. The summed E-state index contributed by atoms with van der Waals surface area (Å²) in [5, 5.41) is 8.96. The summed E-state index contributed by atoms with van der Waals surface area (Å²) in [5.74, 6) is -1.90. The van der Waals surface area contributed by atoms with Crippen LogP contribution in [0.5, 0.6) is 0 Å². The van der Waals surface area contributed by atoms with Crippen LogP contribution in [0.25, 0.3) is 0 Å². The summed E-state index contributed by atoms with van der Waals surface area (Å²) >= 11 is 0. The van der Waals surface area contributed by atoms with Crippen LogP contribution >= 0.6 is 0 Å². The second-order valence-electron chi connectivity index (χ2n) is 4.74. The molecule has 0 unspecified atom stereocenters. The molecule has 1 N–H and O–H groups in total. The maximum atomic E-state index is 14.1. The minimum absolute atomic E-state index is 0.285. The van der Waals surface area contributed by atoms with Crippen molar-refractivity contribution in [1.82, 2.24) is 9.88 Å². The molecule has 0 saturated carbocycles. The fourth-order valence-corrected chi connectivity index (χ4v) is 2.13. The molecule has 0 fully saturated rings. The molecule has 2 rings (SSSR count). The highest BCUT2D eigenvalue weighted by atomic mass is 19.1. The predicted octanol–water partition coefficient (Wildman–Crippen LogP) is 2.94. The van der Waals surface area contributed by atoms with E-state index in [1.165, 1.54) is 6.07 Å². The molecule has 0 aliphatic heterocycles. The van der Waals surface area contributed by atoms with E-state index >= 15 is 0 Å². The highest BCUT2D eigenvalue weighted by Crippen LogP contribution is 2.16. The number of hydrogen-bond donors (Lipinski definition) is 1. The lowest BCUT2D eigenvalue weighted by Crippen LogP contribution is -2.23. The molecule has 1 aromatic carbocycles. The Morgan fingerprint density at radius 3 is 2.57 bits per heavy atom. The molecule has 0 aliphatic carbocycles. The van der Waals surface area contributed by atoms with Crippen molar-refractivity contribution < 1.29 is 14.3 Å². The van der Waals surface area contributed by atoms with Gasteiger partial charge in [-0.05, 0) is 30.3 Å². The number of hydrogen-bond acceptors (Lipinski definition) is 3. The zero-order chi connectivity index (χ0) is 15.2. The standard InChI is InChI=1S/C16H17FN2O2/c1-2-19(10-12-6-8-18-9-7-12)11-13-4-3-5-14(15(13)17)16(20)21/h3-9H,2,10-11H2,1H3,(H,20,21). The Morgan fingerprint density at radius 1 is 1.24 bits per heavy atom. The van der Waals surface area contributed by atoms with E-state index in [0.717, 1.165) is 12.1 Å². The van der Waals surface area contributed by atoms with Crippen LogP contribution < -0.4 is 0 Å². The van der Waals surface area contributed by atoms with Crippen LogP contribution in [0.15, 0.2) is 42.7 Å². The minimum atomic E-state index is -1.24. The number of carboxylic acid groups (broad SMARTS) is 1. The Hall–Kier alpha value is -2.27. The van der Waals surface area contributed by atoms with Gasteiger partial charge < -0.3 is 5.11 Å². The van der Waals surface area contributed by atoms with Gasteiger partial charge in [0.15, 0.2) is 0 Å². The number of nitrogens with zero attached hydrogens (tertiary/aromatic N) is 2. The van der Waals surface area contributed by atoms with Crippen molar-refractivity contribution in [1.29, 1.82) is 0 Å². The zero-order valence-corrected chi connectivity index (χ0v) is 11.8. The number of carboxylic acids is 1. The molecule has 4 nitrogen and oxygen atoms in total. The van der Waals surface area contributed by atoms with Gasteiger partial charge in [-0.2, -0.15) is 0 Å². The molecule has 0 bridgehead atoms. The third kappa shape index (κ3) is 3.86. The van der Waals surface area contributed by atoms with E-state index in [2.05, 4.69) is 4.98 Å². The fraction of sp³-hybridized carbons (Fsp3) is 0.250. The monoisotopic (exact) mass is 288 g/mol. The number of rotatable bonds is 6. The first-order chi connectivity index (χ1) is 10.1. The van der Waals surface area contributed by atoms with E-state index in [1.54, 1.807) is 24.5 Å². The summed E-state index contributed by atoms with van der Waals surface area (Å²) in [6, 6.07) is 8.29. The molecule has 1 heterocycles. The molecule has 0 radical (unpaired) electrons. The van der Waals surface area contributed by atoms with Crippen molar-refractivity contribution in [2.24, 2.45) is 0 Å². The van der Waals surface area contributed by atoms with E-state index in [9.17, 15) is 9.18 Å². The lowest BCUT2D eigenvalue weighted by atomic mass is 10.1. The average molecular weight is 288 g/mol. The van der Waals surface area contributed by atoms with E-state index in [4.69, 9.17) is 5.11 Å². The Balaban J connectivity index is 2.15. The Labute approximate surface area is 122 Å². The summed E-state index contributed by atoms with van der Waals surface area (Å²) < 4.78 is 14.1. The Bertz CT molecular complexity index is 617. The van der Waals surface area contributed by atoms with Gasteiger partial charge >= 0.3 is 5.97 Å². The molecule has 0 atom stereocenters. The molecular formula is C16H17FN2O2. The fourth-order valence-electron chi connectivity index (χ4n) is 2.13. The third-order valence-electron chi connectivity index (χ3n) is 3.31. The van der Waals surface area contributed by atoms with Gasteiger partial charge in [-0.25, -0.2) is 9.18 Å². The summed E-state index contributed by atoms with van der Waals surface area (Å²) in [4.78, 5) is 17.0. The maximum absolute atomic E-state index is 14.1. The molecule has 21 heavy (non-hydrogen) atoms. The number of halogens is 1. The molecule has 5 heteroatoms. The molecular weight excluding hydrogens is 271 g/mol. The minimum Gasteiger partial charge on any atom is -0.478 e. The predicted molar refractivity (Wildman–Crippen MR) is 77.4 cm³/mol. The van der Waals surface area contributed by atoms with Crippen LogP contribution in [0.4, 0.5) is 4.39 Å². The first-order valence-corrected chi connectivity index (χ1v) is 6.73. The summed E-state index contributed by atoms with van der Waals surface area (Å²) in [6.07, 6.45) is 3.43. The van der Waals surface area contributed by atoms with Crippen LogP contribution in [0, 0.1) is 5.82 Å². The second kappa shape index (κ2) is 6.95. The summed E-state index contributed by atoms with van der Waals surface area (Å²) in [7, 11) is 0. The Morgan fingerprint density at radius 2 is 1.95 bits per heavy atom. The smallest absolute Gasteiger partial charge is 0.338 e. The van der Waals surface area contributed by atoms with Crippen LogP contribution in [-0.4, -0.2) is 27.5 Å². The van der Waals surface area contributed by atoms with Crippen LogP contribution in [0.2, 0.25) is 0 Å². The van der Waals surface area contributed by atoms with Crippen molar-refractivity contribution in [3.8, 4) is 0 Å². The van der Waals surface area contributed by atoms with Gasteiger partial charge in [0.2, 0.25) is 0 Å². The zero-order valence-electron chi connectivity index (χ0n) is 11.8. The van der Waals surface area contributed by atoms with Crippen LogP contribution in [0.3, 0.4) is 0 Å². The van der Waals surface area contributed by atoms with Gasteiger partial charge in [-0.1, -0.05) is 19.1 Å². The Kier molecular flexibility index (Phi) is 5.00. The molecule has 110 valence electrons. The second-order valence-corrected chi connectivity index (χ2v) is 4.74. The number of aromatic carboxylic acids is 1. The molecule has 0 aliphatic rings. The molecule has 1 aromatic heterocycles. The van der Waals surface area contributed by atoms with Crippen LogP contribution in [-0.2, 0) is 13.1 Å². The molecule has 0 spiro atoms. The highest BCUT2D eigenvalue weighted by Gasteiger charge is 2.15. The molecule has 2 aromatic rings. The van der Waals surface area contributed by atoms with Gasteiger partial charge in [0.1, 0.15) is 5.82 Å². The van der Waals surface area contributed by atoms with Gasteiger partial charge in [-0.15, -0.1) is 0 Å². The first-order valence-electron chi connectivity index (χ1n) is 6.73. The highest BCUT2D eigenvalue weighted by molar-refractivity contribution is 5.88. The SMILES string of the molecule is CCN(Cc1ccncc1)Cc1cccc(C(=O)O)c1F. The van der Waals surface area contributed by atoms with Gasteiger partial charge in [0.05, 0.1) is 5.56 Å². The largest absolute Gasteiger partial charge is 0.478 e. The van der Waals surface area contributed by atoms with E-state index in [-0.39, 0.29) is 5.56 Å². The molecule has 0 amide bonds. The number of aromatic nitrogens is 1. The van der Waals surface area contributed by atoms with Gasteiger partial charge in [0.25, 0.3) is 0 Å². The number of benzene rings is 1. The van der Waals surface area contributed by atoms with Gasteiger partial charge in [0, 0.05) is 31.0 Å². The number of carbonyl (C=O) groups is 1. The van der Waals surface area contributed by atoms with Crippen molar-refractivity contribution in [2.75, 3.05) is 6.54 Å². The lowest BCUT2D eigenvalue weighted by Gasteiger charge is -2.21. The normalized spacial score (nSPS) is 10.8. The van der Waals surface area contributed by atoms with Crippen molar-refractivity contribution >= 4 is 5.97 Å². The van der Waals surface area contributed by atoms with Crippen molar-refractivity contribution in [3.05, 3.63) is 65.2 Å².